The van der Waals surface area contributed by atoms with Gasteiger partial charge >= 0.3 is 0 Å². The molecule has 98 valence electrons. The summed E-state index contributed by atoms with van der Waals surface area (Å²) < 4.78 is 0. The Labute approximate surface area is 114 Å². The molecule has 0 saturated heterocycles. The molecule has 2 heterocycles. The molecular weight excluding hydrogens is 232 g/mol. The molecule has 1 aromatic heterocycles. The monoisotopic (exact) mass is 252 g/mol. The van der Waals surface area contributed by atoms with Gasteiger partial charge in [-0.25, -0.2) is 0 Å². The Kier molecular flexibility index (Phi) is 3.34. The molecule has 1 unspecified atom stereocenters. The predicted octanol–water partition coefficient (Wildman–Crippen LogP) is 3.44. The first kappa shape index (κ1) is 12.4. The third-order valence-corrected chi connectivity index (χ3v) is 3.93. The van der Waals surface area contributed by atoms with Crippen LogP contribution in [0.4, 0.5) is 0 Å². The summed E-state index contributed by atoms with van der Waals surface area (Å²) in [6, 6.07) is 11.5. The van der Waals surface area contributed by atoms with Crippen LogP contribution in [0.5, 0.6) is 0 Å². The normalized spacial score (nSPS) is 18.4. The molecule has 2 aromatic rings. The van der Waals surface area contributed by atoms with E-state index in [0.717, 1.165) is 13.0 Å². The Balaban J connectivity index is 2.05. The van der Waals surface area contributed by atoms with E-state index >= 15 is 0 Å². The van der Waals surface area contributed by atoms with Gasteiger partial charge in [-0.05, 0) is 46.7 Å². The van der Waals surface area contributed by atoms with Crippen molar-refractivity contribution in [3.8, 4) is 0 Å². The molecule has 1 aliphatic rings. The van der Waals surface area contributed by atoms with E-state index in [9.17, 15) is 0 Å². The first-order valence-corrected chi connectivity index (χ1v) is 7.01. The summed E-state index contributed by atoms with van der Waals surface area (Å²) in [5.41, 5.74) is 5.63. The van der Waals surface area contributed by atoms with E-state index in [1.807, 2.05) is 12.4 Å². The van der Waals surface area contributed by atoms with Crippen LogP contribution < -0.4 is 5.32 Å². The van der Waals surface area contributed by atoms with Crippen LogP contribution in [0.3, 0.4) is 0 Å². The summed E-state index contributed by atoms with van der Waals surface area (Å²) in [4.78, 5) is 4.11. The molecular formula is C17H20N2. The van der Waals surface area contributed by atoms with Crippen LogP contribution in [-0.4, -0.2) is 11.5 Å². The fourth-order valence-electron chi connectivity index (χ4n) is 2.78. The van der Waals surface area contributed by atoms with Crippen molar-refractivity contribution in [1.82, 2.24) is 10.3 Å². The number of rotatable bonds is 2. The average molecular weight is 252 g/mol. The smallest absolute Gasteiger partial charge is 0.0580 e. The first-order chi connectivity index (χ1) is 9.25. The highest BCUT2D eigenvalue weighted by Gasteiger charge is 2.21. The molecule has 0 amide bonds. The van der Waals surface area contributed by atoms with Crippen molar-refractivity contribution in [2.75, 3.05) is 6.54 Å². The summed E-state index contributed by atoms with van der Waals surface area (Å²) in [6.45, 7) is 5.54. The molecule has 1 aromatic carbocycles. The minimum absolute atomic E-state index is 0.311. The number of hydrogen-bond donors (Lipinski definition) is 1. The molecule has 1 aliphatic heterocycles. The van der Waals surface area contributed by atoms with E-state index < -0.39 is 0 Å². The predicted molar refractivity (Wildman–Crippen MR) is 78.3 cm³/mol. The second kappa shape index (κ2) is 5.14. The summed E-state index contributed by atoms with van der Waals surface area (Å²) in [5, 5.41) is 3.63. The molecule has 3 rings (SSSR count). The number of hydrogen-bond acceptors (Lipinski definition) is 2. The summed E-state index contributed by atoms with van der Waals surface area (Å²) in [6.07, 6.45) is 4.87. The van der Waals surface area contributed by atoms with Gasteiger partial charge < -0.3 is 5.32 Å². The minimum Gasteiger partial charge on any atom is -0.306 e. The molecule has 1 atom stereocenters. The largest absolute Gasteiger partial charge is 0.306 e. The number of nitrogens with one attached hydrogen (secondary N) is 1. The molecule has 0 fully saturated rings. The molecule has 19 heavy (non-hydrogen) atoms. The Morgan fingerprint density at radius 1 is 1.16 bits per heavy atom. The van der Waals surface area contributed by atoms with E-state index in [2.05, 4.69) is 54.5 Å². The molecule has 0 spiro atoms. The first-order valence-electron chi connectivity index (χ1n) is 7.01. The highest BCUT2D eigenvalue weighted by Crippen LogP contribution is 2.30. The lowest BCUT2D eigenvalue weighted by Gasteiger charge is -2.28. The number of pyridine rings is 1. The minimum atomic E-state index is 0.311. The van der Waals surface area contributed by atoms with Gasteiger partial charge in [0, 0.05) is 18.9 Å². The van der Waals surface area contributed by atoms with Gasteiger partial charge in [-0.1, -0.05) is 32.0 Å². The Morgan fingerprint density at radius 3 is 2.68 bits per heavy atom. The van der Waals surface area contributed by atoms with Gasteiger partial charge in [-0.3, -0.25) is 4.98 Å². The lowest BCUT2D eigenvalue weighted by Crippen LogP contribution is -2.30. The van der Waals surface area contributed by atoms with E-state index in [1.54, 1.807) is 0 Å². The van der Waals surface area contributed by atoms with Crippen molar-refractivity contribution in [1.29, 1.82) is 0 Å². The Bertz CT molecular complexity index is 561. The third-order valence-electron chi connectivity index (χ3n) is 3.93. The maximum atomic E-state index is 4.11. The van der Waals surface area contributed by atoms with Crippen molar-refractivity contribution >= 4 is 0 Å². The fraction of sp³-hybridized carbons (Fsp3) is 0.353. The van der Waals surface area contributed by atoms with Gasteiger partial charge in [-0.15, -0.1) is 0 Å². The Hall–Kier alpha value is -1.67. The molecule has 1 N–H and O–H groups in total. The van der Waals surface area contributed by atoms with Gasteiger partial charge in [0.05, 0.1) is 6.04 Å². The Morgan fingerprint density at radius 2 is 1.95 bits per heavy atom. The highest BCUT2D eigenvalue weighted by atomic mass is 14.9. The van der Waals surface area contributed by atoms with Crippen LogP contribution in [0.1, 0.15) is 48.1 Å². The van der Waals surface area contributed by atoms with Crippen LogP contribution in [0, 0.1) is 0 Å². The zero-order valence-electron chi connectivity index (χ0n) is 11.6. The maximum Gasteiger partial charge on any atom is 0.0580 e. The van der Waals surface area contributed by atoms with Gasteiger partial charge in [0.1, 0.15) is 0 Å². The molecule has 2 heteroatoms. The van der Waals surface area contributed by atoms with Crippen molar-refractivity contribution < 1.29 is 0 Å². The standard InChI is InChI=1S/C17H20N2/c1-12(2)15-4-3-13-7-10-19-17(16(13)11-15)14-5-8-18-9-6-14/h3-6,8-9,11-12,17,19H,7,10H2,1-2H3. The quantitative estimate of drug-likeness (QED) is 0.885. The van der Waals surface area contributed by atoms with Crippen LogP contribution in [0.15, 0.2) is 42.7 Å². The molecule has 0 bridgehead atoms. The second-order valence-electron chi connectivity index (χ2n) is 5.53. The summed E-state index contributed by atoms with van der Waals surface area (Å²) in [7, 11) is 0. The number of benzene rings is 1. The zero-order chi connectivity index (χ0) is 13.2. The lowest BCUT2D eigenvalue weighted by molar-refractivity contribution is 0.566. The summed E-state index contributed by atoms with van der Waals surface area (Å²) >= 11 is 0. The van der Waals surface area contributed by atoms with Gasteiger partial charge in [0.15, 0.2) is 0 Å². The number of fused-ring (bicyclic) bond motifs is 1. The van der Waals surface area contributed by atoms with Gasteiger partial charge in [0.25, 0.3) is 0 Å². The van der Waals surface area contributed by atoms with Crippen LogP contribution in [0.2, 0.25) is 0 Å². The van der Waals surface area contributed by atoms with Crippen molar-refractivity contribution in [2.45, 2.75) is 32.2 Å². The van der Waals surface area contributed by atoms with Crippen LogP contribution in [0.25, 0.3) is 0 Å². The van der Waals surface area contributed by atoms with Crippen molar-refractivity contribution in [3.63, 3.8) is 0 Å². The fourth-order valence-corrected chi connectivity index (χ4v) is 2.78. The van der Waals surface area contributed by atoms with E-state index in [1.165, 1.54) is 22.3 Å². The molecule has 2 nitrogen and oxygen atoms in total. The molecule has 0 saturated carbocycles. The lowest BCUT2D eigenvalue weighted by atomic mass is 9.87. The summed E-state index contributed by atoms with van der Waals surface area (Å²) in [5.74, 6) is 0.574. The van der Waals surface area contributed by atoms with E-state index in [0.29, 0.717) is 12.0 Å². The van der Waals surface area contributed by atoms with Crippen molar-refractivity contribution in [3.05, 3.63) is 65.0 Å². The number of aromatic nitrogens is 1. The average Bonchev–Trinajstić information content (AvgIpc) is 2.47. The van der Waals surface area contributed by atoms with Crippen LogP contribution in [-0.2, 0) is 6.42 Å². The SMILES string of the molecule is CC(C)c1ccc2c(c1)C(c1ccncc1)NCC2. The molecule has 0 aliphatic carbocycles. The maximum absolute atomic E-state index is 4.11. The topological polar surface area (TPSA) is 24.9 Å². The molecule has 0 radical (unpaired) electrons. The number of nitrogens with zero attached hydrogens (tertiary/aromatic N) is 1. The van der Waals surface area contributed by atoms with Gasteiger partial charge in [0.2, 0.25) is 0 Å². The second-order valence-corrected chi connectivity index (χ2v) is 5.53. The highest BCUT2D eigenvalue weighted by molar-refractivity contribution is 5.42. The van der Waals surface area contributed by atoms with E-state index in [-0.39, 0.29) is 0 Å². The van der Waals surface area contributed by atoms with E-state index in [4.69, 9.17) is 0 Å². The van der Waals surface area contributed by atoms with Crippen LogP contribution >= 0.6 is 0 Å². The third kappa shape index (κ3) is 2.41. The van der Waals surface area contributed by atoms with Gasteiger partial charge in [-0.2, -0.15) is 0 Å². The zero-order valence-corrected chi connectivity index (χ0v) is 11.6. The van der Waals surface area contributed by atoms with Crippen molar-refractivity contribution in [2.24, 2.45) is 0 Å².